The number of rotatable bonds is 4. The van der Waals surface area contributed by atoms with Crippen molar-refractivity contribution < 1.29 is 9.90 Å². The summed E-state index contributed by atoms with van der Waals surface area (Å²) in [6.45, 7) is 3.20. The van der Waals surface area contributed by atoms with Gasteiger partial charge in [0.25, 0.3) is 0 Å². The molecule has 1 aliphatic rings. The van der Waals surface area contributed by atoms with Crippen molar-refractivity contribution in [1.82, 2.24) is 15.5 Å². The van der Waals surface area contributed by atoms with Crippen LogP contribution >= 0.6 is 0 Å². The summed E-state index contributed by atoms with van der Waals surface area (Å²) in [5, 5.41) is 13.8. The third-order valence-corrected chi connectivity index (χ3v) is 2.44. The molecule has 1 fully saturated rings. The Hall–Kier alpha value is -0.810. The molecule has 5 nitrogen and oxygen atoms in total. The van der Waals surface area contributed by atoms with E-state index in [1.54, 1.807) is 0 Å². The standard InChI is InChI=1S/C9H19N3O2/c1-12-4-2-8(7-12)6-11-9(14)10-3-5-13/h8,13H,2-7H2,1H3,(H2,10,11,14). The molecule has 14 heavy (non-hydrogen) atoms. The van der Waals surface area contributed by atoms with Crippen LogP contribution in [0.2, 0.25) is 0 Å². The predicted octanol–water partition coefficient (Wildman–Crippen LogP) is -0.770. The van der Waals surface area contributed by atoms with Crippen LogP contribution in [0.5, 0.6) is 0 Å². The Morgan fingerprint density at radius 2 is 2.36 bits per heavy atom. The number of aliphatic hydroxyl groups is 1. The highest BCUT2D eigenvalue weighted by atomic mass is 16.3. The topological polar surface area (TPSA) is 64.6 Å². The van der Waals surface area contributed by atoms with Gasteiger partial charge in [0, 0.05) is 19.6 Å². The van der Waals surface area contributed by atoms with Crippen LogP contribution in [0.15, 0.2) is 0 Å². The van der Waals surface area contributed by atoms with Gasteiger partial charge in [-0.1, -0.05) is 0 Å². The monoisotopic (exact) mass is 201 g/mol. The van der Waals surface area contributed by atoms with Crippen LogP contribution in [0.1, 0.15) is 6.42 Å². The normalized spacial score (nSPS) is 22.3. The van der Waals surface area contributed by atoms with Gasteiger partial charge >= 0.3 is 6.03 Å². The molecule has 0 aromatic carbocycles. The third kappa shape index (κ3) is 3.93. The Labute approximate surface area is 84.5 Å². The Kier molecular flexibility index (Phi) is 4.69. The summed E-state index contributed by atoms with van der Waals surface area (Å²) in [7, 11) is 2.09. The van der Waals surface area contributed by atoms with E-state index in [9.17, 15) is 4.79 Å². The Morgan fingerprint density at radius 1 is 1.57 bits per heavy atom. The smallest absolute Gasteiger partial charge is 0.314 e. The van der Waals surface area contributed by atoms with Gasteiger partial charge in [-0.05, 0) is 25.9 Å². The van der Waals surface area contributed by atoms with E-state index in [-0.39, 0.29) is 12.6 Å². The fourth-order valence-corrected chi connectivity index (χ4v) is 1.66. The first-order valence-corrected chi connectivity index (χ1v) is 5.03. The van der Waals surface area contributed by atoms with Gasteiger partial charge in [-0.3, -0.25) is 0 Å². The van der Waals surface area contributed by atoms with E-state index in [0.717, 1.165) is 26.1 Å². The second-order valence-corrected chi connectivity index (χ2v) is 3.78. The number of hydrogen-bond donors (Lipinski definition) is 3. The molecule has 0 saturated carbocycles. The average Bonchev–Trinajstić information content (AvgIpc) is 2.58. The third-order valence-electron chi connectivity index (χ3n) is 2.44. The molecule has 0 spiro atoms. The number of likely N-dealkylation sites (tertiary alicyclic amines) is 1. The van der Waals surface area contributed by atoms with E-state index in [4.69, 9.17) is 5.11 Å². The number of hydrogen-bond acceptors (Lipinski definition) is 3. The van der Waals surface area contributed by atoms with Crippen molar-refractivity contribution in [2.45, 2.75) is 6.42 Å². The quantitative estimate of drug-likeness (QED) is 0.559. The Bertz CT molecular complexity index is 187. The molecule has 82 valence electrons. The summed E-state index contributed by atoms with van der Waals surface area (Å²) in [5.41, 5.74) is 0. The Balaban J connectivity index is 2.05. The largest absolute Gasteiger partial charge is 0.395 e. The lowest BCUT2D eigenvalue weighted by molar-refractivity contribution is 0.232. The lowest BCUT2D eigenvalue weighted by Crippen LogP contribution is -2.39. The van der Waals surface area contributed by atoms with Crippen LogP contribution in [0, 0.1) is 5.92 Å². The highest BCUT2D eigenvalue weighted by Gasteiger charge is 2.19. The van der Waals surface area contributed by atoms with Crippen molar-refractivity contribution >= 4 is 6.03 Å². The fraction of sp³-hybridized carbons (Fsp3) is 0.889. The van der Waals surface area contributed by atoms with Crippen molar-refractivity contribution in [3.05, 3.63) is 0 Å². The number of aliphatic hydroxyl groups excluding tert-OH is 1. The van der Waals surface area contributed by atoms with Crippen molar-refractivity contribution in [3.8, 4) is 0 Å². The second kappa shape index (κ2) is 5.82. The van der Waals surface area contributed by atoms with Gasteiger partial charge in [0.15, 0.2) is 0 Å². The lowest BCUT2D eigenvalue weighted by Gasteiger charge is -2.11. The maximum Gasteiger partial charge on any atom is 0.314 e. The molecule has 0 aliphatic carbocycles. The van der Waals surface area contributed by atoms with Gasteiger partial charge in [-0.15, -0.1) is 0 Å². The minimum absolute atomic E-state index is 0.0143. The molecule has 2 amide bonds. The molecule has 1 heterocycles. The van der Waals surface area contributed by atoms with Crippen molar-refractivity contribution in [3.63, 3.8) is 0 Å². The molecule has 0 radical (unpaired) electrons. The van der Waals surface area contributed by atoms with E-state index in [1.807, 2.05) is 0 Å². The van der Waals surface area contributed by atoms with Gasteiger partial charge in [-0.25, -0.2) is 4.79 Å². The van der Waals surface area contributed by atoms with Crippen molar-refractivity contribution in [2.24, 2.45) is 5.92 Å². The first kappa shape index (κ1) is 11.3. The number of nitrogens with one attached hydrogen (secondary N) is 2. The van der Waals surface area contributed by atoms with Crippen LogP contribution in [-0.4, -0.2) is 55.9 Å². The van der Waals surface area contributed by atoms with Crippen LogP contribution in [-0.2, 0) is 0 Å². The van der Waals surface area contributed by atoms with Gasteiger partial charge < -0.3 is 20.6 Å². The molecule has 1 aliphatic heterocycles. The number of nitrogens with zero attached hydrogens (tertiary/aromatic N) is 1. The van der Waals surface area contributed by atoms with Crippen molar-refractivity contribution in [1.29, 1.82) is 0 Å². The van der Waals surface area contributed by atoms with Gasteiger partial charge in [0.1, 0.15) is 0 Å². The highest BCUT2D eigenvalue weighted by molar-refractivity contribution is 5.73. The summed E-state index contributed by atoms with van der Waals surface area (Å²) in [5.74, 6) is 0.569. The fourth-order valence-electron chi connectivity index (χ4n) is 1.66. The number of amides is 2. The maximum absolute atomic E-state index is 11.1. The molecule has 0 bridgehead atoms. The van der Waals surface area contributed by atoms with Gasteiger partial charge in [-0.2, -0.15) is 0 Å². The zero-order valence-corrected chi connectivity index (χ0v) is 8.62. The first-order valence-electron chi connectivity index (χ1n) is 5.03. The minimum Gasteiger partial charge on any atom is -0.395 e. The number of carbonyl (C=O) groups excluding carboxylic acids is 1. The summed E-state index contributed by atoms with van der Waals surface area (Å²) in [6.07, 6.45) is 1.15. The zero-order valence-electron chi connectivity index (χ0n) is 8.62. The van der Waals surface area contributed by atoms with E-state index >= 15 is 0 Å². The molecule has 0 aromatic heterocycles. The maximum atomic E-state index is 11.1. The lowest BCUT2D eigenvalue weighted by atomic mass is 10.1. The van der Waals surface area contributed by atoms with Crippen LogP contribution in [0.25, 0.3) is 0 Å². The molecular formula is C9H19N3O2. The highest BCUT2D eigenvalue weighted by Crippen LogP contribution is 2.12. The molecule has 1 saturated heterocycles. The summed E-state index contributed by atoms with van der Waals surface area (Å²) < 4.78 is 0. The Morgan fingerprint density at radius 3 is 2.93 bits per heavy atom. The first-order chi connectivity index (χ1) is 6.72. The zero-order chi connectivity index (χ0) is 10.4. The van der Waals surface area contributed by atoms with Crippen LogP contribution < -0.4 is 10.6 Å². The van der Waals surface area contributed by atoms with E-state index < -0.39 is 0 Å². The van der Waals surface area contributed by atoms with Gasteiger partial charge in [0.05, 0.1) is 6.61 Å². The minimum atomic E-state index is -0.186. The molecule has 0 aromatic rings. The summed E-state index contributed by atoms with van der Waals surface area (Å²) in [4.78, 5) is 13.4. The SMILES string of the molecule is CN1CCC(CNC(=O)NCCO)C1. The van der Waals surface area contributed by atoms with Crippen LogP contribution in [0.4, 0.5) is 4.79 Å². The summed E-state index contributed by atoms with van der Waals surface area (Å²) >= 11 is 0. The molecule has 1 rings (SSSR count). The van der Waals surface area contributed by atoms with Crippen molar-refractivity contribution in [2.75, 3.05) is 39.8 Å². The van der Waals surface area contributed by atoms with Crippen LogP contribution in [0.3, 0.4) is 0 Å². The second-order valence-electron chi connectivity index (χ2n) is 3.78. The molecule has 1 unspecified atom stereocenters. The molecule has 5 heteroatoms. The summed E-state index contributed by atoms with van der Waals surface area (Å²) in [6, 6.07) is -0.186. The molecule has 3 N–H and O–H groups in total. The molecular weight excluding hydrogens is 182 g/mol. The van der Waals surface area contributed by atoms with E-state index in [1.165, 1.54) is 0 Å². The van der Waals surface area contributed by atoms with Gasteiger partial charge in [0.2, 0.25) is 0 Å². The van der Waals surface area contributed by atoms with E-state index in [0.29, 0.717) is 12.5 Å². The predicted molar refractivity (Wildman–Crippen MR) is 54.1 cm³/mol. The number of urea groups is 1. The average molecular weight is 201 g/mol. The molecule has 1 atom stereocenters. The van der Waals surface area contributed by atoms with E-state index in [2.05, 4.69) is 22.6 Å². The number of carbonyl (C=O) groups is 1.